The van der Waals surface area contributed by atoms with Crippen molar-refractivity contribution in [2.24, 2.45) is 0 Å². The first-order valence-corrected chi connectivity index (χ1v) is 13.0. The van der Waals surface area contributed by atoms with Crippen molar-refractivity contribution in [3.8, 4) is 0 Å². The molecule has 0 bridgehead atoms. The molecule has 0 spiro atoms. The molecule has 0 aromatic heterocycles. The second kappa shape index (κ2) is 11.4. The van der Waals surface area contributed by atoms with Gasteiger partial charge in [0, 0.05) is 18.0 Å². The Bertz CT molecular complexity index is 1100. The largest absolute Gasteiger partial charge is 0.444 e. The minimum absolute atomic E-state index is 0.0819. The number of nitrogens with one attached hydrogen (secondary N) is 2. The zero-order valence-electron chi connectivity index (χ0n) is 23.1. The summed E-state index contributed by atoms with van der Waals surface area (Å²) in [6.45, 7) is 13.1. The lowest BCUT2D eigenvalue weighted by atomic mass is 9.96. The van der Waals surface area contributed by atoms with Gasteiger partial charge in [0.15, 0.2) is 0 Å². The van der Waals surface area contributed by atoms with Crippen molar-refractivity contribution < 1.29 is 19.1 Å². The predicted molar refractivity (Wildman–Crippen MR) is 145 cm³/mol. The van der Waals surface area contributed by atoms with Crippen LogP contribution >= 0.6 is 0 Å². The standard InChI is InChI=1S/C30H41N3O4/c1-20-13-11-12-16-23(20)25(26(34)32-29(2,3)4)33(22-17-18-22)27(35)24(19-21-14-9-8-10-15-21)31-28(36)37-30(5,6)7/h8-16,22,24-25H,17-19H2,1-7H3,(H,31,36)(H,32,34). The molecule has 2 aromatic carbocycles. The van der Waals surface area contributed by atoms with Crippen LogP contribution in [-0.2, 0) is 20.7 Å². The number of carbonyl (C=O) groups excluding carboxylic acids is 3. The fourth-order valence-electron chi connectivity index (χ4n) is 4.30. The normalized spacial score (nSPS) is 15.3. The van der Waals surface area contributed by atoms with Gasteiger partial charge in [-0.1, -0.05) is 54.6 Å². The summed E-state index contributed by atoms with van der Waals surface area (Å²) in [4.78, 5) is 42.6. The number of benzene rings is 2. The van der Waals surface area contributed by atoms with Gasteiger partial charge in [0.1, 0.15) is 17.7 Å². The quantitative estimate of drug-likeness (QED) is 0.522. The van der Waals surface area contributed by atoms with Gasteiger partial charge in [0.2, 0.25) is 11.8 Å². The van der Waals surface area contributed by atoms with E-state index in [9.17, 15) is 14.4 Å². The first-order chi connectivity index (χ1) is 17.2. The van der Waals surface area contributed by atoms with E-state index in [0.29, 0.717) is 0 Å². The summed E-state index contributed by atoms with van der Waals surface area (Å²) in [5, 5.41) is 5.89. The van der Waals surface area contributed by atoms with Crippen LogP contribution in [0.1, 0.15) is 77.1 Å². The molecule has 3 rings (SSSR count). The first kappa shape index (κ1) is 28.2. The van der Waals surface area contributed by atoms with Crippen molar-refractivity contribution in [3.63, 3.8) is 0 Å². The van der Waals surface area contributed by atoms with Gasteiger partial charge in [0.05, 0.1) is 0 Å². The van der Waals surface area contributed by atoms with E-state index in [-0.39, 0.29) is 24.3 Å². The number of aryl methyl sites for hydroxylation is 1. The number of hydrogen-bond donors (Lipinski definition) is 2. The van der Waals surface area contributed by atoms with E-state index in [4.69, 9.17) is 4.74 Å². The summed E-state index contributed by atoms with van der Waals surface area (Å²) in [5.74, 6) is -0.535. The topological polar surface area (TPSA) is 87.7 Å². The summed E-state index contributed by atoms with van der Waals surface area (Å²) in [7, 11) is 0. The maximum Gasteiger partial charge on any atom is 0.408 e. The lowest BCUT2D eigenvalue weighted by molar-refractivity contribution is -0.143. The van der Waals surface area contributed by atoms with Crippen LogP contribution in [0.3, 0.4) is 0 Å². The van der Waals surface area contributed by atoms with Crippen LogP contribution in [0.5, 0.6) is 0 Å². The summed E-state index contributed by atoms with van der Waals surface area (Å²) < 4.78 is 5.49. The van der Waals surface area contributed by atoms with Crippen LogP contribution in [0.4, 0.5) is 4.79 Å². The number of rotatable bonds is 8. The van der Waals surface area contributed by atoms with Gasteiger partial charge >= 0.3 is 6.09 Å². The van der Waals surface area contributed by atoms with Gasteiger partial charge in [-0.3, -0.25) is 9.59 Å². The molecule has 1 aliphatic rings. The molecule has 1 aliphatic carbocycles. The Hall–Kier alpha value is -3.35. The highest BCUT2D eigenvalue weighted by Crippen LogP contribution is 2.37. The molecule has 3 amide bonds. The fourth-order valence-corrected chi connectivity index (χ4v) is 4.30. The average molecular weight is 508 g/mol. The molecule has 0 aliphatic heterocycles. The molecular weight excluding hydrogens is 466 g/mol. The number of amides is 3. The molecule has 0 radical (unpaired) electrons. The third-order valence-electron chi connectivity index (χ3n) is 5.97. The van der Waals surface area contributed by atoms with Crippen LogP contribution in [0.15, 0.2) is 54.6 Å². The van der Waals surface area contributed by atoms with Gasteiger partial charge in [-0.05, 0) is 78.0 Å². The van der Waals surface area contributed by atoms with Crippen LogP contribution in [0, 0.1) is 6.92 Å². The van der Waals surface area contributed by atoms with E-state index in [1.54, 1.807) is 25.7 Å². The van der Waals surface area contributed by atoms with E-state index >= 15 is 0 Å². The number of alkyl carbamates (subject to hydrolysis) is 1. The van der Waals surface area contributed by atoms with Crippen molar-refractivity contribution in [3.05, 3.63) is 71.3 Å². The highest BCUT2D eigenvalue weighted by Gasteiger charge is 2.45. The van der Waals surface area contributed by atoms with Crippen molar-refractivity contribution in [2.45, 2.75) is 97.0 Å². The first-order valence-electron chi connectivity index (χ1n) is 13.0. The van der Waals surface area contributed by atoms with E-state index in [1.165, 1.54) is 0 Å². The van der Waals surface area contributed by atoms with Crippen molar-refractivity contribution in [1.29, 1.82) is 0 Å². The molecule has 1 saturated carbocycles. The highest BCUT2D eigenvalue weighted by molar-refractivity contribution is 5.93. The molecule has 2 aromatic rings. The molecule has 1 fully saturated rings. The molecular formula is C30H41N3O4. The lowest BCUT2D eigenvalue weighted by Crippen LogP contribution is -2.56. The number of hydrogen-bond acceptors (Lipinski definition) is 4. The second-order valence-corrected chi connectivity index (χ2v) is 11.9. The third kappa shape index (κ3) is 8.34. The van der Waals surface area contributed by atoms with Crippen LogP contribution in [-0.4, -0.2) is 46.0 Å². The van der Waals surface area contributed by atoms with Gasteiger partial charge < -0.3 is 20.3 Å². The molecule has 37 heavy (non-hydrogen) atoms. The van der Waals surface area contributed by atoms with Crippen LogP contribution in [0.2, 0.25) is 0 Å². The summed E-state index contributed by atoms with van der Waals surface area (Å²) in [6.07, 6.45) is 1.23. The van der Waals surface area contributed by atoms with E-state index < -0.39 is 29.3 Å². The highest BCUT2D eigenvalue weighted by atomic mass is 16.6. The minimum atomic E-state index is -0.896. The number of ether oxygens (including phenoxy) is 1. The van der Waals surface area contributed by atoms with E-state index in [2.05, 4.69) is 10.6 Å². The number of nitrogens with zero attached hydrogens (tertiary/aromatic N) is 1. The van der Waals surface area contributed by atoms with Gasteiger partial charge in [-0.15, -0.1) is 0 Å². The van der Waals surface area contributed by atoms with E-state index in [0.717, 1.165) is 29.5 Å². The summed E-state index contributed by atoms with van der Waals surface area (Å²) in [6, 6.07) is 15.4. The lowest BCUT2D eigenvalue weighted by Gasteiger charge is -2.36. The minimum Gasteiger partial charge on any atom is -0.444 e. The maximum atomic E-state index is 14.3. The molecule has 0 saturated heterocycles. The SMILES string of the molecule is Cc1ccccc1C(C(=O)NC(C)(C)C)N(C(=O)C(Cc1ccccc1)NC(=O)OC(C)(C)C)C1CC1. The Kier molecular flexibility index (Phi) is 8.67. The monoisotopic (exact) mass is 507 g/mol. The molecule has 7 nitrogen and oxygen atoms in total. The van der Waals surface area contributed by atoms with Crippen molar-refractivity contribution >= 4 is 17.9 Å². The Labute approximate surface area is 221 Å². The Balaban J connectivity index is 2.02. The summed E-state index contributed by atoms with van der Waals surface area (Å²) >= 11 is 0. The zero-order valence-corrected chi connectivity index (χ0v) is 23.1. The van der Waals surface area contributed by atoms with Gasteiger partial charge in [0.25, 0.3) is 0 Å². The summed E-state index contributed by atoms with van der Waals surface area (Å²) in [5.41, 5.74) is 1.42. The Morgan fingerprint density at radius 3 is 2.08 bits per heavy atom. The van der Waals surface area contributed by atoms with Crippen LogP contribution < -0.4 is 10.6 Å². The second-order valence-electron chi connectivity index (χ2n) is 11.9. The molecule has 0 heterocycles. The fraction of sp³-hybridized carbons (Fsp3) is 0.500. The molecule has 2 atom stereocenters. The Morgan fingerprint density at radius 2 is 1.54 bits per heavy atom. The molecule has 2 unspecified atom stereocenters. The van der Waals surface area contributed by atoms with Gasteiger partial charge in [-0.25, -0.2) is 4.79 Å². The van der Waals surface area contributed by atoms with E-state index in [1.807, 2.05) is 82.3 Å². The van der Waals surface area contributed by atoms with Crippen molar-refractivity contribution in [1.82, 2.24) is 15.5 Å². The zero-order chi connectivity index (χ0) is 27.4. The predicted octanol–water partition coefficient (Wildman–Crippen LogP) is 5.08. The van der Waals surface area contributed by atoms with Crippen molar-refractivity contribution in [2.75, 3.05) is 0 Å². The van der Waals surface area contributed by atoms with Gasteiger partial charge in [-0.2, -0.15) is 0 Å². The number of carbonyl (C=O) groups is 3. The average Bonchev–Trinajstić information content (AvgIpc) is 3.60. The maximum absolute atomic E-state index is 14.3. The molecule has 2 N–H and O–H groups in total. The third-order valence-corrected chi connectivity index (χ3v) is 5.97. The molecule has 7 heteroatoms. The Morgan fingerprint density at radius 1 is 0.946 bits per heavy atom. The smallest absolute Gasteiger partial charge is 0.408 e. The van der Waals surface area contributed by atoms with Crippen LogP contribution in [0.25, 0.3) is 0 Å². The molecule has 200 valence electrons.